The Morgan fingerprint density at radius 2 is 1.68 bits per heavy atom. The van der Waals surface area contributed by atoms with Gasteiger partial charge in [-0.15, -0.1) is 0 Å². The summed E-state index contributed by atoms with van der Waals surface area (Å²) in [5.74, 6) is -0.112. The Kier molecular flexibility index (Phi) is 3.02. The van der Waals surface area contributed by atoms with E-state index in [4.69, 9.17) is 0 Å². The van der Waals surface area contributed by atoms with Gasteiger partial charge in [-0.3, -0.25) is 0 Å². The summed E-state index contributed by atoms with van der Waals surface area (Å²) in [7, 11) is 0. The van der Waals surface area contributed by atoms with E-state index in [1.165, 1.54) is 11.1 Å². The molecule has 0 unspecified atom stereocenters. The van der Waals surface area contributed by atoms with Crippen molar-refractivity contribution in [3.8, 4) is 0 Å². The van der Waals surface area contributed by atoms with Gasteiger partial charge < -0.3 is 4.90 Å². The minimum absolute atomic E-state index is 0.112. The average molecular weight is 255 g/mol. The smallest absolute Gasteiger partial charge is 0.126 e. The van der Waals surface area contributed by atoms with Crippen molar-refractivity contribution in [3.63, 3.8) is 0 Å². The number of hydrogen-bond donors (Lipinski definition) is 0. The number of rotatable bonds is 1. The highest BCUT2D eigenvalue weighted by molar-refractivity contribution is 5.57. The molecule has 0 bridgehead atoms. The van der Waals surface area contributed by atoms with Crippen LogP contribution in [-0.2, 0) is 13.0 Å². The highest BCUT2D eigenvalue weighted by Gasteiger charge is 2.18. The summed E-state index contributed by atoms with van der Waals surface area (Å²) in [5.41, 5.74) is 5.80. The maximum atomic E-state index is 13.5. The van der Waals surface area contributed by atoms with Gasteiger partial charge >= 0.3 is 0 Å². The van der Waals surface area contributed by atoms with Crippen molar-refractivity contribution in [1.82, 2.24) is 0 Å². The van der Waals surface area contributed by atoms with Crippen molar-refractivity contribution >= 4 is 5.69 Å². The van der Waals surface area contributed by atoms with Gasteiger partial charge in [0.25, 0.3) is 0 Å². The molecule has 0 saturated carbocycles. The van der Waals surface area contributed by atoms with E-state index in [0.717, 1.165) is 36.3 Å². The number of fused-ring (bicyclic) bond motifs is 1. The van der Waals surface area contributed by atoms with Crippen LogP contribution in [0.5, 0.6) is 0 Å². The van der Waals surface area contributed by atoms with Crippen molar-refractivity contribution < 1.29 is 4.39 Å². The van der Waals surface area contributed by atoms with Crippen LogP contribution in [-0.4, -0.2) is 6.54 Å². The number of hydrogen-bond acceptors (Lipinski definition) is 1. The zero-order chi connectivity index (χ0) is 13.4. The van der Waals surface area contributed by atoms with Crippen LogP contribution in [0.2, 0.25) is 0 Å². The molecule has 0 atom stereocenters. The van der Waals surface area contributed by atoms with Crippen LogP contribution >= 0.6 is 0 Å². The van der Waals surface area contributed by atoms with Gasteiger partial charge in [0, 0.05) is 18.8 Å². The Labute approximate surface area is 113 Å². The van der Waals surface area contributed by atoms with Crippen molar-refractivity contribution in [2.45, 2.75) is 26.8 Å². The Balaban J connectivity index is 1.96. The van der Waals surface area contributed by atoms with E-state index in [9.17, 15) is 4.39 Å². The fourth-order valence-corrected chi connectivity index (χ4v) is 2.82. The number of benzene rings is 2. The first-order valence-corrected chi connectivity index (χ1v) is 6.74. The highest BCUT2D eigenvalue weighted by Crippen LogP contribution is 2.29. The largest absolute Gasteiger partial charge is 0.367 e. The average Bonchev–Trinajstić information content (AvgIpc) is 2.44. The molecule has 19 heavy (non-hydrogen) atoms. The van der Waals surface area contributed by atoms with Gasteiger partial charge in [-0.05, 0) is 54.7 Å². The third kappa shape index (κ3) is 2.12. The summed E-state index contributed by atoms with van der Waals surface area (Å²) in [6.07, 6.45) is 1.06. The molecule has 0 spiro atoms. The molecule has 0 N–H and O–H groups in total. The zero-order valence-electron chi connectivity index (χ0n) is 11.4. The molecule has 0 fully saturated rings. The summed E-state index contributed by atoms with van der Waals surface area (Å²) in [6.45, 7) is 5.78. The lowest BCUT2D eigenvalue weighted by Gasteiger charge is -2.32. The summed E-state index contributed by atoms with van der Waals surface area (Å²) in [4.78, 5) is 2.35. The Morgan fingerprint density at radius 3 is 2.47 bits per heavy atom. The number of anilines is 1. The molecule has 0 amide bonds. The van der Waals surface area contributed by atoms with Crippen molar-refractivity contribution in [3.05, 3.63) is 64.5 Å². The number of nitrogens with zero attached hydrogens (tertiary/aromatic N) is 1. The van der Waals surface area contributed by atoms with E-state index in [0.29, 0.717) is 0 Å². The maximum absolute atomic E-state index is 13.5. The molecule has 1 aliphatic heterocycles. The fourth-order valence-electron chi connectivity index (χ4n) is 2.82. The van der Waals surface area contributed by atoms with Crippen molar-refractivity contribution in [1.29, 1.82) is 0 Å². The molecule has 2 aromatic rings. The van der Waals surface area contributed by atoms with E-state index in [2.05, 4.69) is 29.2 Å². The second-order valence-corrected chi connectivity index (χ2v) is 5.26. The van der Waals surface area contributed by atoms with Gasteiger partial charge in [-0.2, -0.15) is 0 Å². The van der Waals surface area contributed by atoms with Crippen LogP contribution < -0.4 is 4.90 Å². The summed E-state index contributed by atoms with van der Waals surface area (Å²) in [6, 6.07) is 12.1. The van der Waals surface area contributed by atoms with Crippen molar-refractivity contribution in [2.75, 3.05) is 11.4 Å². The normalized spacial score (nSPS) is 14.4. The minimum Gasteiger partial charge on any atom is -0.367 e. The molecule has 0 aromatic heterocycles. The predicted octanol–water partition coefficient (Wildman–Crippen LogP) is 4.01. The second kappa shape index (κ2) is 4.69. The van der Waals surface area contributed by atoms with E-state index in [-0.39, 0.29) is 5.82 Å². The molecule has 0 radical (unpaired) electrons. The van der Waals surface area contributed by atoms with Crippen molar-refractivity contribution in [2.24, 2.45) is 0 Å². The molecule has 2 heteroatoms. The quantitative estimate of drug-likeness (QED) is 0.744. The molecule has 3 rings (SSSR count). The van der Waals surface area contributed by atoms with E-state index in [1.54, 1.807) is 6.07 Å². The molecule has 98 valence electrons. The Hall–Kier alpha value is -1.83. The Bertz CT molecular complexity index is 619. The van der Waals surface area contributed by atoms with Crippen LogP contribution in [0.4, 0.5) is 10.1 Å². The predicted molar refractivity (Wildman–Crippen MR) is 77.1 cm³/mol. The van der Waals surface area contributed by atoms with Gasteiger partial charge in [0.15, 0.2) is 0 Å². The van der Waals surface area contributed by atoms with Crippen LogP contribution in [0.15, 0.2) is 36.4 Å². The third-order valence-electron chi connectivity index (χ3n) is 4.16. The molecule has 2 aromatic carbocycles. The SMILES string of the molecule is Cc1c(F)ccc(N2CCc3ccccc3C2)c1C. The molecule has 0 aliphatic carbocycles. The standard InChI is InChI=1S/C17H18FN/c1-12-13(2)17(8-7-16(12)18)19-10-9-14-5-3-4-6-15(14)11-19/h3-8H,9-11H2,1-2H3. The maximum Gasteiger partial charge on any atom is 0.126 e. The first-order chi connectivity index (χ1) is 9.16. The lowest BCUT2D eigenvalue weighted by Crippen LogP contribution is -2.31. The third-order valence-corrected chi connectivity index (χ3v) is 4.16. The first-order valence-electron chi connectivity index (χ1n) is 6.74. The van der Waals surface area contributed by atoms with Gasteiger partial charge in [-0.25, -0.2) is 4.39 Å². The zero-order valence-corrected chi connectivity index (χ0v) is 11.4. The van der Waals surface area contributed by atoms with Crippen LogP contribution in [0.25, 0.3) is 0 Å². The van der Waals surface area contributed by atoms with Crippen LogP contribution in [0, 0.1) is 19.7 Å². The van der Waals surface area contributed by atoms with Gasteiger partial charge in [0.05, 0.1) is 0 Å². The fraction of sp³-hybridized carbons (Fsp3) is 0.294. The number of halogens is 1. The summed E-state index contributed by atoms with van der Waals surface area (Å²) in [5, 5.41) is 0. The van der Waals surface area contributed by atoms with Crippen LogP contribution in [0.1, 0.15) is 22.3 Å². The van der Waals surface area contributed by atoms with E-state index in [1.807, 2.05) is 19.9 Å². The van der Waals surface area contributed by atoms with Gasteiger partial charge in [-0.1, -0.05) is 24.3 Å². The molecule has 1 aliphatic rings. The molecular weight excluding hydrogens is 237 g/mol. The minimum atomic E-state index is -0.112. The monoisotopic (exact) mass is 255 g/mol. The second-order valence-electron chi connectivity index (χ2n) is 5.26. The van der Waals surface area contributed by atoms with Gasteiger partial charge in [0.2, 0.25) is 0 Å². The molecule has 1 nitrogen and oxygen atoms in total. The molecule has 1 heterocycles. The summed E-state index contributed by atoms with van der Waals surface area (Å²) >= 11 is 0. The lowest BCUT2D eigenvalue weighted by molar-refractivity contribution is 0.615. The topological polar surface area (TPSA) is 3.24 Å². The summed E-state index contributed by atoms with van der Waals surface area (Å²) < 4.78 is 13.5. The first kappa shape index (κ1) is 12.2. The van der Waals surface area contributed by atoms with E-state index < -0.39 is 0 Å². The lowest BCUT2D eigenvalue weighted by atomic mass is 9.98. The van der Waals surface area contributed by atoms with Gasteiger partial charge in [0.1, 0.15) is 5.82 Å². The highest BCUT2D eigenvalue weighted by atomic mass is 19.1. The van der Waals surface area contributed by atoms with Crippen LogP contribution in [0.3, 0.4) is 0 Å². The molecule has 0 saturated heterocycles. The molecular formula is C17H18FN. The Morgan fingerprint density at radius 1 is 0.947 bits per heavy atom. The van der Waals surface area contributed by atoms with E-state index >= 15 is 0 Å².